The monoisotopic (exact) mass is 199 g/mol. The van der Waals surface area contributed by atoms with Gasteiger partial charge in [-0.25, -0.2) is 4.79 Å². The SMILES string of the molecule is CSc1ccc(C(=O)O)c(=O)n1C. The Morgan fingerprint density at radius 3 is 2.62 bits per heavy atom. The van der Waals surface area contributed by atoms with Gasteiger partial charge in [0.1, 0.15) is 5.56 Å². The molecule has 0 radical (unpaired) electrons. The van der Waals surface area contributed by atoms with Crippen LogP contribution in [0.25, 0.3) is 0 Å². The van der Waals surface area contributed by atoms with Crippen LogP contribution < -0.4 is 5.56 Å². The number of pyridine rings is 1. The average Bonchev–Trinajstić information content (AvgIpc) is 2.09. The number of carboxylic acid groups (broad SMARTS) is 1. The zero-order chi connectivity index (χ0) is 10.0. The molecule has 0 aliphatic heterocycles. The van der Waals surface area contributed by atoms with E-state index in [9.17, 15) is 9.59 Å². The predicted molar refractivity (Wildman–Crippen MR) is 50.4 cm³/mol. The third kappa shape index (κ3) is 1.75. The molecule has 1 N–H and O–H groups in total. The minimum absolute atomic E-state index is 0.194. The highest BCUT2D eigenvalue weighted by atomic mass is 32.2. The lowest BCUT2D eigenvalue weighted by molar-refractivity contribution is 0.0694. The Balaban J connectivity index is 3.40. The van der Waals surface area contributed by atoms with Crippen LogP contribution in [-0.2, 0) is 7.05 Å². The van der Waals surface area contributed by atoms with Crippen molar-refractivity contribution in [1.29, 1.82) is 0 Å². The third-order valence-corrected chi connectivity index (χ3v) is 2.53. The third-order valence-electron chi connectivity index (χ3n) is 1.70. The summed E-state index contributed by atoms with van der Waals surface area (Å²) in [6.07, 6.45) is 1.83. The van der Waals surface area contributed by atoms with Crippen molar-refractivity contribution in [2.75, 3.05) is 6.26 Å². The lowest BCUT2D eigenvalue weighted by Gasteiger charge is -2.04. The summed E-state index contributed by atoms with van der Waals surface area (Å²) in [5, 5.41) is 9.38. The number of aromatic carboxylic acids is 1. The molecule has 70 valence electrons. The van der Waals surface area contributed by atoms with Crippen LogP contribution in [-0.4, -0.2) is 21.9 Å². The van der Waals surface area contributed by atoms with Crippen molar-refractivity contribution in [3.63, 3.8) is 0 Å². The van der Waals surface area contributed by atoms with Crippen molar-refractivity contribution < 1.29 is 9.90 Å². The van der Waals surface area contributed by atoms with Gasteiger partial charge in [-0.05, 0) is 18.4 Å². The van der Waals surface area contributed by atoms with Gasteiger partial charge in [-0.3, -0.25) is 4.79 Å². The molecule has 4 nitrogen and oxygen atoms in total. The summed E-state index contributed by atoms with van der Waals surface area (Å²) in [7, 11) is 1.56. The summed E-state index contributed by atoms with van der Waals surface area (Å²) in [5.74, 6) is -1.19. The number of rotatable bonds is 2. The minimum Gasteiger partial charge on any atom is -0.477 e. The van der Waals surface area contributed by atoms with Crippen molar-refractivity contribution in [1.82, 2.24) is 4.57 Å². The summed E-state index contributed by atoms with van der Waals surface area (Å²) in [6, 6.07) is 2.95. The molecule has 0 fully saturated rings. The highest BCUT2D eigenvalue weighted by Gasteiger charge is 2.10. The van der Waals surface area contributed by atoms with Crippen molar-refractivity contribution in [3.05, 3.63) is 28.0 Å². The first-order chi connectivity index (χ1) is 6.07. The Labute approximate surface area is 79.2 Å². The van der Waals surface area contributed by atoms with Crippen LogP contribution in [0.1, 0.15) is 10.4 Å². The first-order valence-corrected chi connectivity index (χ1v) is 4.77. The zero-order valence-electron chi connectivity index (χ0n) is 7.27. The molecule has 0 bridgehead atoms. The number of hydrogen-bond acceptors (Lipinski definition) is 3. The summed E-state index contributed by atoms with van der Waals surface area (Å²) >= 11 is 1.40. The Morgan fingerprint density at radius 1 is 1.54 bits per heavy atom. The molecule has 0 spiro atoms. The number of thioether (sulfide) groups is 1. The normalized spacial score (nSPS) is 10.0. The van der Waals surface area contributed by atoms with Gasteiger partial charge in [0.2, 0.25) is 0 Å². The molecule has 0 aliphatic carbocycles. The van der Waals surface area contributed by atoms with Gasteiger partial charge in [0.25, 0.3) is 5.56 Å². The Kier molecular flexibility index (Phi) is 2.77. The second-order valence-electron chi connectivity index (χ2n) is 2.46. The predicted octanol–water partition coefficient (Wildman–Crippen LogP) is 0.805. The Hall–Kier alpha value is -1.23. The maximum absolute atomic E-state index is 11.4. The van der Waals surface area contributed by atoms with Crippen LogP contribution in [0, 0.1) is 0 Å². The molecule has 1 heterocycles. The van der Waals surface area contributed by atoms with Crippen LogP contribution in [0.15, 0.2) is 22.0 Å². The van der Waals surface area contributed by atoms with Crippen LogP contribution in [0.3, 0.4) is 0 Å². The molecule has 1 rings (SSSR count). The maximum atomic E-state index is 11.4. The van der Waals surface area contributed by atoms with E-state index in [2.05, 4.69) is 0 Å². The molecule has 0 atom stereocenters. The van der Waals surface area contributed by atoms with Crippen LogP contribution in [0.2, 0.25) is 0 Å². The second-order valence-corrected chi connectivity index (χ2v) is 3.29. The van der Waals surface area contributed by atoms with Crippen molar-refractivity contribution in [2.45, 2.75) is 5.03 Å². The first kappa shape index (κ1) is 9.85. The maximum Gasteiger partial charge on any atom is 0.341 e. The number of carboxylic acids is 1. The van der Waals surface area contributed by atoms with E-state index in [1.54, 1.807) is 13.1 Å². The molecular weight excluding hydrogens is 190 g/mol. The fourth-order valence-electron chi connectivity index (χ4n) is 0.986. The fraction of sp³-hybridized carbons (Fsp3) is 0.250. The average molecular weight is 199 g/mol. The summed E-state index contributed by atoms with van der Waals surface area (Å²) in [5.41, 5.74) is -0.667. The van der Waals surface area contributed by atoms with Crippen LogP contribution >= 0.6 is 11.8 Å². The van der Waals surface area contributed by atoms with Crippen molar-refractivity contribution >= 4 is 17.7 Å². The number of aromatic nitrogens is 1. The summed E-state index contributed by atoms with van der Waals surface area (Å²) in [4.78, 5) is 21.9. The molecule has 5 heteroatoms. The highest BCUT2D eigenvalue weighted by molar-refractivity contribution is 7.98. The standard InChI is InChI=1S/C8H9NO3S/c1-9-6(13-2)4-3-5(7(9)10)8(11)12/h3-4H,1-2H3,(H,11,12). The quantitative estimate of drug-likeness (QED) is 0.716. The number of carbonyl (C=O) groups is 1. The lowest BCUT2D eigenvalue weighted by atomic mass is 10.3. The van der Waals surface area contributed by atoms with Gasteiger partial charge in [0, 0.05) is 7.05 Å². The molecule has 0 unspecified atom stereocenters. The van der Waals surface area contributed by atoms with Crippen molar-refractivity contribution in [2.24, 2.45) is 7.05 Å². The van der Waals surface area contributed by atoms with Gasteiger partial charge in [-0.15, -0.1) is 11.8 Å². The number of nitrogens with zero attached hydrogens (tertiary/aromatic N) is 1. The molecule has 0 saturated carbocycles. The van der Waals surface area contributed by atoms with Gasteiger partial charge in [-0.2, -0.15) is 0 Å². The van der Waals surface area contributed by atoms with Gasteiger partial charge in [0.15, 0.2) is 0 Å². The minimum atomic E-state index is -1.19. The van der Waals surface area contributed by atoms with E-state index in [0.717, 1.165) is 5.03 Å². The molecule has 0 aliphatic rings. The van der Waals surface area contributed by atoms with E-state index in [-0.39, 0.29) is 5.56 Å². The second kappa shape index (κ2) is 3.66. The van der Waals surface area contributed by atoms with Gasteiger partial charge in [-0.1, -0.05) is 0 Å². The van der Waals surface area contributed by atoms with Crippen LogP contribution in [0.5, 0.6) is 0 Å². The van der Waals surface area contributed by atoms with E-state index in [1.807, 2.05) is 6.26 Å². The smallest absolute Gasteiger partial charge is 0.341 e. The largest absolute Gasteiger partial charge is 0.477 e. The summed E-state index contributed by atoms with van der Waals surface area (Å²) in [6.45, 7) is 0. The Morgan fingerprint density at radius 2 is 2.15 bits per heavy atom. The molecule has 1 aromatic rings. The van der Waals surface area contributed by atoms with Crippen molar-refractivity contribution in [3.8, 4) is 0 Å². The topological polar surface area (TPSA) is 59.3 Å². The van der Waals surface area contributed by atoms with E-state index in [1.165, 1.54) is 22.4 Å². The highest BCUT2D eigenvalue weighted by Crippen LogP contribution is 2.11. The number of hydrogen-bond donors (Lipinski definition) is 1. The van der Waals surface area contributed by atoms with E-state index >= 15 is 0 Å². The molecule has 0 aromatic carbocycles. The molecule has 0 saturated heterocycles. The van der Waals surface area contributed by atoms with Crippen LogP contribution in [0.4, 0.5) is 0 Å². The van der Waals surface area contributed by atoms with Gasteiger partial charge >= 0.3 is 5.97 Å². The lowest BCUT2D eigenvalue weighted by Crippen LogP contribution is -2.24. The van der Waals surface area contributed by atoms with E-state index in [0.29, 0.717) is 0 Å². The molecule has 1 aromatic heterocycles. The zero-order valence-corrected chi connectivity index (χ0v) is 8.09. The van der Waals surface area contributed by atoms with Gasteiger partial charge < -0.3 is 9.67 Å². The first-order valence-electron chi connectivity index (χ1n) is 3.55. The van der Waals surface area contributed by atoms with E-state index < -0.39 is 11.5 Å². The molecule has 0 amide bonds. The van der Waals surface area contributed by atoms with Gasteiger partial charge in [0.05, 0.1) is 5.03 Å². The summed E-state index contributed by atoms with van der Waals surface area (Å²) < 4.78 is 1.33. The molecule has 13 heavy (non-hydrogen) atoms. The fourth-order valence-corrected chi connectivity index (χ4v) is 1.55. The Bertz CT molecular complexity index is 397. The molecular formula is C8H9NO3S. The van der Waals surface area contributed by atoms with E-state index in [4.69, 9.17) is 5.11 Å².